The van der Waals surface area contributed by atoms with Gasteiger partial charge in [0.1, 0.15) is 10.9 Å². The van der Waals surface area contributed by atoms with Gasteiger partial charge < -0.3 is 9.64 Å². The van der Waals surface area contributed by atoms with Gasteiger partial charge in [0.2, 0.25) is 0 Å². The molecule has 0 aromatic carbocycles. The fourth-order valence-electron chi connectivity index (χ4n) is 2.41. The van der Waals surface area contributed by atoms with Crippen LogP contribution in [0, 0.1) is 0 Å². The van der Waals surface area contributed by atoms with Crippen LogP contribution in [0.25, 0.3) is 0 Å². The standard InChI is InChI=1S/C13H19N3O3S/c1-8(2)10-11(20-15-14-10)12(17)16-7-5-4-6-9(16)13(18)19-3/h8-9H,4-7H2,1-3H3. The highest BCUT2D eigenvalue weighted by atomic mass is 32.1. The summed E-state index contributed by atoms with van der Waals surface area (Å²) in [5, 5.41) is 4.03. The van der Waals surface area contributed by atoms with Crippen molar-refractivity contribution in [3.05, 3.63) is 10.6 Å². The predicted octanol–water partition coefficient (Wildman–Crippen LogP) is 1.83. The number of hydrogen-bond acceptors (Lipinski definition) is 6. The summed E-state index contributed by atoms with van der Waals surface area (Å²) in [4.78, 5) is 26.6. The molecule has 1 saturated heterocycles. The summed E-state index contributed by atoms with van der Waals surface area (Å²) in [6.45, 7) is 4.52. The van der Waals surface area contributed by atoms with E-state index in [4.69, 9.17) is 4.74 Å². The molecule has 0 aliphatic carbocycles. The van der Waals surface area contributed by atoms with Gasteiger partial charge in [0.05, 0.1) is 12.8 Å². The van der Waals surface area contributed by atoms with Gasteiger partial charge in [-0.2, -0.15) is 0 Å². The van der Waals surface area contributed by atoms with E-state index < -0.39 is 6.04 Å². The van der Waals surface area contributed by atoms with Crippen molar-refractivity contribution < 1.29 is 14.3 Å². The van der Waals surface area contributed by atoms with Crippen molar-refractivity contribution in [2.24, 2.45) is 0 Å². The number of aromatic nitrogens is 2. The van der Waals surface area contributed by atoms with Crippen LogP contribution in [0.3, 0.4) is 0 Å². The average Bonchev–Trinajstić information content (AvgIpc) is 2.95. The minimum Gasteiger partial charge on any atom is -0.467 e. The number of esters is 1. The molecule has 0 saturated carbocycles. The second-order valence-electron chi connectivity index (χ2n) is 5.18. The first-order chi connectivity index (χ1) is 9.56. The summed E-state index contributed by atoms with van der Waals surface area (Å²) in [5.41, 5.74) is 0.703. The van der Waals surface area contributed by atoms with Gasteiger partial charge in [0.25, 0.3) is 5.91 Å². The van der Waals surface area contributed by atoms with Crippen LogP contribution in [-0.4, -0.2) is 46.1 Å². The third-order valence-electron chi connectivity index (χ3n) is 3.49. The maximum absolute atomic E-state index is 12.7. The number of rotatable bonds is 3. The summed E-state index contributed by atoms with van der Waals surface area (Å²) in [6.07, 6.45) is 2.49. The molecule has 0 radical (unpaired) electrons. The number of hydrogen-bond donors (Lipinski definition) is 0. The number of piperidine rings is 1. The Morgan fingerprint density at radius 1 is 1.40 bits per heavy atom. The lowest BCUT2D eigenvalue weighted by molar-refractivity contribution is -0.147. The Hall–Kier alpha value is -1.50. The van der Waals surface area contributed by atoms with E-state index in [1.54, 1.807) is 4.90 Å². The zero-order chi connectivity index (χ0) is 14.7. The van der Waals surface area contributed by atoms with Crippen LogP contribution in [0.2, 0.25) is 0 Å². The van der Waals surface area contributed by atoms with Gasteiger partial charge in [-0.15, -0.1) is 5.10 Å². The molecule has 1 amide bonds. The Kier molecular flexibility index (Phi) is 4.69. The van der Waals surface area contributed by atoms with Crippen LogP contribution in [0.5, 0.6) is 0 Å². The van der Waals surface area contributed by atoms with Crippen LogP contribution in [0.1, 0.15) is 54.4 Å². The van der Waals surface area contributed by atoms with Crippen molar-refractivity contribution in [3.63, 3.8) is 0 Å². The van der Waals surface area contributed by atoms with Gasteiger partial charge in [0.15, 0.2) is 0 Å². The normalized spacial score (nSPS) is 19.2. The van der Waals surface area contributed by atoms with E-state index in [0.717, 1.165) is 24.4 Å². The van der Waals surface area contributed by atoms with Crippen molar-refractivity contribution in [2.45, 2.75) is 45.1 Å². The molecular weight excluding hydrogens is 278 g/mol. The van der Waals surface area contributed by atoms with Crippen molar-refractivity contribution in [1.29, 1.82) is 0 Å². The van der Waals surface area contributed by atoms with E-state index in [0.29, 0.717) is 23.5 Å². The third kappa shape index (κ3) is 2.82. The van der Waals surface area contributed by atoms with Crippen molar-refractivity contribution in [2.75, 3.05) is 13.7 Å². The topological polar surface area (TPSA) is 72.4 Å². The van der Waals surface area contributed by atoms with Crippen LogP contribution >= 0.6 is 11.5 Å². The van der Waals surface area contributed by atoms with E-state index in [9.17, 15) is 9.59 Å². The fraction of sp³-hybridized carbons (Fsp3) is 0.692. The van der Waals surface area contributed by atoms with E-state index in [1.807, 2.05) is 13.8 Å². The fourth-order valence-corrected chi connectivity index (χ4v) is 3.19. The van der Waals surface area contributed by atoms with E-state index >= 15 is 0 Å². The van der Waals surface area contributed by atoms with Gasteiger partial charge in [-0.05, 0) is 36.7 Å². The zero-order valence-corrected chi connectivity index (χ0v) is 12.8. The van der Waals surface area contributed by atoms with Crippen LogP contribution in [0.15, 0.2) is 0 Å². The molecule has 20 heavy (non-hydrogen) atoms. The predicted molar refractivity (Wildman–Crippen MR) is 74.7 cm³/mol. The summed E-state index contributed by atoms with van der Waals surface area (Å²) >= 11 is 1.10. The SMILES string of the molecule is COC(=O)C1CCCCN1C(=O)c1snnc1C(C)C. The molecule has 1 fully saturated rings. The molecule has 110 valence electrons. The van der Waals surface area contributed by atoms with Crippen LogP contribution < -0.4 is 0 Å². The van der Waals surface area contributed by atoms with Gasteiger partial charge in [0, 0.05) is 6.54 Å². The number of likely N-dealkylation sites (tertiary alicyclic amines) is 1. The first-order valence-corrected chi connectivity index (χ1v) is 7.54. The highest BCUT2D eigenvalue weighted by molar-refractivity contribution is 7.08. The smallest absolute Gasteiger partial charge is 0.328 e. The summed E-state index contributed by atoms with van der Waals surface area (Å²) in [6, 6.07) is -0.483. The van der Waals surface area contributed by atoms with Crippen molar-refractivity contribution >= 4 is 23.4 Å². The molecule has 6 nitrogen and oxygen atoms in total. The Bertz CT molecular complexity index is 501. The maximum Gasteiger partial charge on any atom is 0.328 e. The van der Waals surface area contributed by atoms with E-state index in [-0.39, 0.29) is 17.8 Å². The number of nitrogens with zero attached hydrogens (tertiary/aromatic N) is 3. The monoisotopic (exact) mass is 297 g/mol. The number of ether oxygens (including phenoxy) is 1. The largest absolute Gasteiger partial charge is 0.467 e. The van der Waals surface area contributed by atoms with E-state index in [2.05, 4.69) is 9.59 Å². The molecule has 1 aliphatic rings. The number of carbonyl (C=O) groups excluding carboxylic acids is 2. The lowest BCUT2D eigenvalue weighted by atomic mass is 10.0. The molecule has 1 aliphatic heterocycles. The van der Waals surface area contributed by atoms with Gasteiger partial charge >= 0.3 is 5.97 Å². The molecule has 0 spiro atoms. The summed E-state index contributed by atoms with van der Waals surface area (Å²) in [5.74, 6) is -0.366. The molecule has 1 atom stereocenters. The Balaban J connectivity index is 2.25. The second-order valence-corrected chi connectivity index (χ2v) is 5.93. The Morgan fingerprint density at radius 2 is 2.15 bits per heavy atom. The van der Waals surface area contributed by atoms with E-state index in [1.165, 1.54) is 7.11 Å². The molecule has 1 aromatic heterocycles. The van der Waals surface area contributed by atoms with Crippen molar-refractivity contribution in [3.8, 4) is 0 Å². The molecular formula is C13H19N3O3S. The number of amides is 1. The molecule has 2 heterocycles. The third-order valence-corrected chi connectivity index (χ3v) is 4.22. The molecule has 7 heteroatoms. The molecule has 1 aromatic rings. The zero-order valence-electron chi connectivity index (χ0n) is 12.0. The van der Waals surface area contributed by atoms with Gasteiger partial charge in [-0.25, -0.2) is 4.79 Å². The maximum atomic E-state index is 12.7. The minimum absolute atomic E-state index is 0.133. The van der Waals surface area contributed by atoms with Crippen LogP contribution in [-0.2, 0) is 9.53 Å². The lowest BCUT2D eigenvalue weighted by Crippen LogP contribution is -2.48. The Morgan fingerprint density at radius 3 is 2.80 bits per heavy atom. The highest BCUT2D eigenvalue weighted by Crippen LogP contribution is 2.25. The van der Waals surface area contributed by atoms with Crippen molar-refractivity contribution in [1.82, 2.24) is 14.5 Å². The number of carbonyl (C=O) groups is 2. The first kappa shape index (κ1) is 14.9. The number of methoxy groups -OCH3 is 1. The average molecular weight is 297 g/mol. The molecule has 1 unspecified atom stereocenters. The first-order valence-electron chi connectivity index (χ1n) is 6.77. The van der Waals surface area contributed by atoms with Gasteiger partial charge in [-0.1, -0.05) is 18.3 Å². The lowest BCUT2D eigenvalue weighted by Gasteiger charge is -2.33. The van der Waals surface area contributed by atoms with Gasteiger partial charge in [-0.3, -0.25) is 4.79 Å². The summed E-state index contributed by atoms with van der Waals surface area (Å²) < 4.78 is 8.68. The molecule has 2 rings (SSSR count). The highest BCUT2D eigenvalue weighted by Gasteiger charge is 2.35. The quantitative estimate of drug-likeness (QED) is 0.796. The summed E-state index contributed by atoms with van der Waals surface area (Å²) in [7, 11) is 1.35. The molecule has 0 N–H and O–H groups in total. The Labute approximate surface area is 122 Å². The second kappa shape index (κ2) is 6.30. The minimum atomic E-state index is -0.483. The molecule has 0 bridgehead atoms. The van der Waals surface area contributed by atoms with Crippen LogP contribution in [0.4, 0.5) is 0 Å².